The van der Waals surface area contributed by atoms with Crippen LogP contribution in [0.5, 0.6) is 0 Å². The Hall–Kier alpha value is -0.150. The molecule has 3 atom stereocenters. The monoisotopic (exact) mass is 203 g/mol. The van der Waals surface area contributed by atoms with Gasteiger partial charge in [-0.15, -0.1) is 0 Å². The van der Waals surface area contributed by atoms with Gasteiger partial charge in [0.25, 0.3) is 0 Å². The van der Waals surface area contributed by atoms with Crippen LogP contribution in [-0.4, -0.2) is 18.6 Å². The lowest BCUT2D eigenvalue weighted by molar-refractivity contribution is -0.229. The maximum atomic E-state index is 13.3. The van der Waals surface area contributed by atoms with Crippen molar-refractivity contribution in [2.24, 2.45) is 5.41 Å². The van der Waals surface area contributed by atoms with Crippen molar-refractivity contribution in [1.82, 2.24) is 0 Å². The SMILES string of the molecule is C[CH]O[C@H]1O[C@@H](C(C)(C)C)CC[C@@H]1F. The summed E-state index contributed by atoms with van der Waals surface area (Å²) in [5, 5.41) is 0. The third kappa shape index (κ3) is 2.92. The number of alkyl halides is 1. The van der Waals surface area contributed by atoms with Gasteiger partial charge in [0.2, 0.25) is 0 Å². The summed E-state index contributed by atoms with van der Waals surface area (Å²) < 4.78 is 24.0. The van der Waals surface area contributed by atoms with Crippen LogP contribution < -0.4 is 0 Å². The molecule has 0 aromatic heterocycles. The average Bonchev–Trinajstić information content (AvgIpc) is 2.07. The quantitative estimate of drug-likeness (QED) is 0.686. The summed E-state index contributed by atoms with van der Waals surface area (Å²) in [4.78, 5) is 0. The van der Waals surface area contributed by atoms with Crippen LogP contribution in [0, 0.1) is 12.0 Å². The van der Waals surface area contributed by atoms with Gasteiger partial charge >= 0.3 is 0 Å². The van der Waals surface area contributed by atoms with E-state index in [9.17, 15) is 4.39 Å². The van der Waals surface area contributed by atoms with Crippen LogP contribution in [0.2, 0.25) is 0 Å². The largest absolute Gasteiger partial charge is 0.346 e. The Kier molecular flexibility index (Phi) is 3.90. The van der Waals surface area contributed by atoms with E-state index in [1.54, 1.807) is 6.92 Å². The molecule has 0 saturated carbocycles. The van der Waals surface area contributed by atoms with E-state index in [1.165, 1.54) is 6.61 Å². The minimum atomic E-state index is -0.996. The first kappa shape index (κ1) is 11.9. The van der Waals surface area contributed by atoms with E-state index >= 15 is 0 Å². The molecule has 1 rings (SSSR count). The van der Waals surface area contributed by atoms with E-state index in [0.29, 0.717) is 6.42 Å². The molecule has 1 aliphatic rings. The fraction of sp³-hybridized carbons (Fsp3) is 0.909. The highest BCUT2D eigenvalue weighted by molar-refractivity contribution is 4.82. The van der Waals surface area contributed by atoms with Gasteiger partial charge in [-0.2, -0.15) is 0 Å². The first-order valence-electron chi connectivity index (χ1n) is 5.18. The van der Waals surface area contributed by atoms with Gasteiger partial charge in [0.1, 0.15) is 0 Å². The third-order valence-corrected chi connectivity index (χ3v) is 2.53. The van der Waals surface area contributed by atoms with Crippen LogP contribution in [0.3, 0.4) is 0 Å². The molecule has 14 heavy (non-hydrogen) atoms. The van der Waals surface area contributed by atoms with Crippen LogP contribution >= 0.6 is 0 Å². The zero-order valence-electron chi connectivity index (χ0n) is 9.42. The molecule has 3 heteroatoms. The molecular weight excluding hydrogens is 183 g/mol. The normalized spacial score (nSPS) is 34.5. The van der Waals surface area contributed by atoms with Gasteiger partial charge in [-0.05, 0) is 25.2 Å². The summed E-state index contributed by atoms with van der Waals surface area (Å²) in [7, 11) is 0. The molecule has 0 bridgehead atoms. The predicted octanol–water partition coefficient (Wildman–Crippen LogP) is 3.07. The predicted molar refractivity (Wildman–Crippen MR) is 53.3 cm³/mol. The van der Waals surface area contributed by atoms with Gasteiger partial charge in [-0.1, -0.05) is 20.8 Å². The molecule has 0 spiro atoms. The topological polar surface area (TPSA) is 18.5 Å². The summed E-state index contributed by atoms with van der Waals surface area (Å²) in [5.74, 6) is 0. The van der Waals surface area contributed by atoms with Crippen molar-refractivity contribution < 1.29 is 13.9 Å². The summed E-state index contributed by atoms with van der Waals surface area (Å²) in [5.41, 5.74) is 0.0511. The maximum absolute atomic E-state index is 13.3. The van der Waals surface area contributed by atoms with E-state index < -0.39 is 12.5 Å². The van der Waals surface area contributed by atoms with E-state index in [-0.39, 0.29) is 11.5 Å². The highest BCUT2D eigenvalue weighted by Gasteiger charge is 2.37. The highest BCUT2D eigenvalue weighted by Crippen LogP contribution is 2.33. The summed E-state index contributed by atoms with van der Waals surface area (Å²) >= 11 is 0. The van der Waals surface area contributed by atoms with Gasteiger partial charge in [-0.3, -0.25) is 0 Å². The second kappa shape index (κ2) is 4.58. The fourth-order valence-corrected chi connectivity index (χ4v) is 1.65. The Balaban J connectivity index is 2.53. The van der Waals surface area contributed by atoms with Crippen molar-refractivity contribution >= 4 is 0 Å². The van der Waals surface area contributed by atoms with E-state index in [0.717, 1.165) is 6.42 Å². The lowest BCUT2D eigenvalue weighted by atomic mass is 9.84. The Morgan fingerprint density at radius 3 is 2.50 bits per heavy atom. The lowest BCUT2D eigenvalue weighted by Gasteiger charge is -2.38. The van der Waals surface area contributed by atoms with Crippen molar-refractivity contribution in [2.75, 3.05) is 0 Å². The van der Waals surface area contributed by atoms with Gasteiger partial charge < -0.3 is 9.47 Å². The van der Waals surface area contributed by atoms with E-state index in [4.69, 9.17) is 9.47 Å². The minimum absolute atomic E-state index is 0.0511. The Bertz CT molecular complexity index is 177. The molecule has 2 nitrogen and oxygen atoms in total. The maximum Gasteiger partial charge on any atom is 0.189 e. The average molecular weight is 203 g/mol. The number of halogens is 1. The Morgan fingerprint density at radius 2 is 2.00 bits per heavy atom. The molecule has 0 aromatic carbocycles. The first-order valence-corrected chi connectivity index (χ1v) is 5.18. The van der Waals surface area contributed by atoms with Gasteiger partial charge in [0.05, 0.1) is 12.7 Å². The number of rotatable bonds is 2. The molecule has 1 heterocycles. The molecule has 0 amide bonds. The number of ether oxygens (including phenoxy) is 2. The second-order valence-electron chi connectivity index (χ2n) is 4.82. The van der Waals surface area contributed by atoms with Gasteiger partial charge in [0.15, 0.2) is 12.5 Å². The Labute approximate surface area is 85.8 Å². The standard InChI is InChI=1S/C11H20FO2/c1-5-13-10-8(12)6-7-9(14-10)11(2,3)4/h5,8-10H,6-7H2,1-4H3/t8-,9+,10-/m0/s1. The molecule has 0 aliphatic carbocycles. The minimum Gasteiger partial charge on any atom is -0.346 e. The van der Waals surface area contributed by atoms with Crippen LogP contribution in [-0.2, 0) is 9.47 Å². The molecule has 0 N–H and O–H groups in total. The lowest BCUT2D eigenvalue weighted by Crippen LogP contribution is -2.43. The van der Waals surface area contributed by atoms with Crippen molar-refractivity contribution in [3.8, 4) is 0 Å². The summed E-state index contributed by atoms with van der Waals surface area (Å²) in [6, 6.07) is 0. The number of hydrogen-bond acceptors (Lipinski definition) is 2. The fourth-order valence-electron chi connectivity index (χ4n) is 1.65. The molecule has 0 aromatic rings. The van der Waals surface area contributed by atoms with Crippen LogP contribution in [0.15, 0.2) is 0 Å². The van der Waals surface area contributed by atoms with Crippen molar-refractivity contribution in [1.29, 1.82) is 0 Å². The molecule has 0 unspecified atom stereocenters. The molecule has 1 fully saturated rings. The molecular formula is C11H20FO2. The van der Waals surface area contributed by atoms with Gasteiger partial charge in [-0.25, -0.2) is 4.39 Å². The van der Waals surface area contributed by atoms with Crippen molar-refractivity contribution in [3.63, 3.8) is 0 Å². The zero-order valence-corrected chi connectivity index (χ0v) is 9.42. The smallest absolute Gasteiger partial charge is 0.189 e. The third-order valence-electron chi connectivity index (χ3n) is 2.53. The second-order valence-corrected chi connectivity index (χ2v) is 4.82. The number of hydrogen-bond donors (Lipinski definition) is 0. The summed E-state index contributed by atoms with van der Waals surface area (Å²) in [6.07, 6.45) is -0.323. The Morgan fingerprint density at radius 1 is 1.36 bits per heavy atom. The molecule has 83 valence electrons. The van der Waals surface area contributed by atoms with Crippen LogP contribution in [0.1, 0.15) is 40.5 Å². The van der Waals surface area contributed by atoms with Crippen LogP contribution in [0.4, 0.5) is 4.39 Å². The summed E-state index contributed by atoms with van der Waals surface area (Å²) in [6.45, 7) is 9.52. The highest BCUT2D eigenvalue weighted by atomic mass is 19.1. The van der Waals surface area contributed by atoms with E-state index in [1.807, 2.05) is 0 Å². The van der Waals surface area contributed by atoms with Crippen LogP contribution in [0.25, 0.3) is 0 Å². The first-order chi connectivity index (χ1) is 6.45. The molecule has 1 aliphatic heterocycles. The molecule has 1 radical (unpaired) electrons. The molecule has 1 saturated heterocycles. The van der Waals surface area contributed by atoms with Gasteiger partial charge in [0, 0.05) is 0 Å². The van der Waals surface area contributed by atoms with Crippen molar-refractivity contribution in [2.45, 2.75) is 59.1 Å². The van der Waals surface area contributed by atoms with E-state index in [2.05, 4.69) is 20.8 Å². The van der Waals surface area contributed by atoms with Crippen molar-refractivity contribution in [3.05, 3.63) is 6.61 Å². The zero-order chi connectivity index (χ0) is 10.8.